The molecule has 3 rings (SSSR count). The molecule has 1 saturated heterocycles. The number of halogens is 4. The van der Waals surface area contributed by atoms with Gasteiger partial charge in [0.05, 0.1) is 21.2 Å². The average molecular weight is 445 g/mol. The number of thioether (sulfide) groups is 1. The van der Waals surface area contributed by atoms with Crippen LogP contribution in [-0.2, 0) is 4.79 Å². The largest absolute Gasteiger partial charge is 0.299 e. The molecule has 2 aromatic carbocycles. The molecule has 1 fully saturated rings. The van der Waals surface area contributed by atoms with Crippen molar-refractivity contribution in [3.8, 4) is 0 Å². The van der Waals surface area contributed by atoms with Crippen molar-refractivity contribution >= 4 is 81.5 Å². The molecular formula is C17H9Cl4N3OS. The van der Waals surface area contributed by atoms with Gasteiger partial charge in [-0.1, -0.05) is 58.5 Å². The number of nitrogens with one attached hydrogen (secondary N) is 1. The van der Waals surface area contributed by atoms with Crippen LogP contribution in [0.2, 0.25) is 20.1 Å². The molecule has 0 unspecified atom stereocenters. The summed E-state index contributed by atoms with van der Waals surface area (Å²) in [5.41, 5.74) is 1.12. The second-order valence-electron chi connectivity index (χ2n) is 4.99. The Morgan fingerprint density at radius 3 is 2.00 bits per heavy atom. The molecule has 132 valence electrons. The Labute approximate surface area is 173 Å². The van der Waals surface area contributed by atoms with Gasteiger partial charge in [0.1, 0.15) is 0 Å². The van der Waals surface area contributed by atoms with E-state index in [9.17, 15) is 4.79 Å². The number of amides is 1. The quantitative estimate of drug-likeness (QED) is 0.364. The Kier molecular flexibility index (Phi) is 6.27. The van der Waals surface area contributed by atoms with Gasteiger partial charge in [-0.05, 0) is 42.1 Å². The van der Waals surface area contributed by atoms with Gasteiger partial charge in [-0.25, -0.2) is 0 Å². The lowest BCUT2D eigenvalue weighted by Crippen LogP contribution is -2.19. The summed E-state index contributed by atoms with van der Waals surface area (Å²) in [5.74, 6) is -0.310. The first-order chi connectivity index (χ1) is 12.5. The number of carbonyl (C=O) groups is 1. The Morgan fingerprint density at radius 1 is 0.885 bits per heavy atom. The van der Waals surface area contributed by atoms with E-state index >= 15 is 0 Å². The normalized spacial score (nSPS) is 17.5. The Morgan fingerprint density at radius 2 is 1.42 bits per heavy atom. The third-order valence-electron chi connectivity index (χ3n) is 3.26. The van der Waals surface area contributed by atoms with Gasteiger partial charge in [0.2, 0.25) is 0 Å². The molecule has 1 N–H and O–H groups in total. The Bertz CT molecular complexity index is 932. The molecule has 4 nitrogen and oxygen atoms in total. The monoisotopic (exact) mass is 443 g/mol. The number of rotatable bonds is 3. The molecule has 0 bridgehead atoms. The lowest BCUT2D eigenvalue weighted by Gasteiger charge is -2.01. The van der Waals surface area contributed by atoms with Crippen LogP contribution in [0.25, 0.3) is 6.08 Å². The maximum atomic E-state index is 12.1. The van der Waals surface area contributed by atoms with Gasteiger partial charge in [0.15, 0.2) is 5.17 Å². The van der Waals surface area contributed by atoms with E-state index in [0.29, 0.717) is 41.3 Å². The number of carbonyl (C=O) groups excluding carboxylic acids is 1. The molecule has 0 radical (unpaired) electrons. The molecule has 1 aliphatic rings. The van der Waals surface area contributed by atoms with Crippen molar-refractivity contribution in [3.05, 3.63) is 72.5 Å². The zero-order chi connectivity index (χ0) is 18.7. The van der Waals surface area contributed by atoms with E-state index in [1.54, 1.807) is 42.5 Å². The topological polar surface area (TPSA) is 53.8 Å². The highest BCUT2D eigenvalue weighted by atomic mass is 35.5. The zero-order valence-corrected chi connectivity index (χ0v) is 16.7. The molecule has 0 atom stereocenters. The van der Waals surface area contributed by atoms with E-state index in [-0.39, 0.29) is 5.91 Å². The molecule has 26 heavy (non-hydrogen) atoms. The molecular weight excluding hydrogens is 436 g/mol. The van der Waals surface area contributed by atoms with E-state index in [0.717, 1.165) is 11.8 Å². The fraction of sp³-hybridized carbons (Fsp3) is 0. The SMILES string of the molecule is O=C1N/C(=N/N=C/c2c(Cl)cccc2Cl)S/C1=C/c1c(Cl)cccc1Cl. The summed E-state index contributed by atoms with van der Waals surface area (Å²) in [7, 11) is 0. The molecule has 1 heterocycles. The minimum atomic E-state index is -0.310. The second-order valence-corrected chi connectivity index (χ2v) is 7.64. The molecule has 0 aliphatic carbocycles. The lowest BCUT2D eigenvalue weighted by atomic mass is 10.2. The predicted octanol–water partition coefficient (Wildman–Crippen LogP) is 5.89. The van der Waals surface area contributed by atoms with E-state index in [1.165, 1.54) is 6.21 Å². The van der Waals surface area contributed by atoms with Crippen LogP contribution in [0.3, 0.4) is 0 Å². The van der Waals surface area contributed by atoms with Crippen molar-refractivity contribution in [2.24, 2.45) is 10.2 Å². The van der Waals surface area contributed by atoms with Crippen molar-refractivity contribution < 1.29 is 4.79 Å². The van der Waals surface area contributed by atoms with Crippen LogP contribution in [0.1, 0.15) is 11.1 Å². The Balaban J connectivity index is 1.80. The maximum Gasteiger partial charge on any atom is 0.264 e. The van der Waals surface area contributed by atoms with Gasteiger partial charge < -0.3 is 0 Å². The van der Waals surface area contributed by atoms with Crippen LogP contribution < -0.4 is 5.32 Å². The first-order valence-electron chi connectivity index (χ1n) is 7.15. The summed E-state index contributed by atoms with van der Waals surface area (Å²) in [6.45, 7) is 0. The minimum Gasteiger partial charge on any atom is -0.299 e. The highest BCUT2D eigenvalue weighted by Crippen LogP contribution is 2.32. The molecule has 1 aliphatic heterocycles. The molecule has 0 aromatic heterocycles. The van der Waals surface area contributed by atoms with Crippen molar-refractivity contribution in [2.45, 2.75) is 0 Å². The maximum absolute atomic E-state index is 12.1. The third-order valence-corrected chi connectivity index (χ3v) is 5.48. The summed E-state index contributed by atoms with van der Waals surface area (Å²) in [5, 5.41) is 12.7. The van der Waals surface area contributed by atoms with Crippen molar-refractivity contribution in [1.82, 2.24) is 5.32 Å². The number of amidine groups is 1. The molecule has 2 aromatic rings. The molecule has 1 amide bonds. The molecule has 0 spiro atoms. The Hall–Kier alpha value is -1.50. The average Bonchev–Trinajstić information content (AvgIpc) is 2.93. The number of hydrogen-bond acceptors (Lipinski definition) is 4. The summed E-state index contributed by atoms with van der Waals surface area (Å²) in [4.78, 5) is 12.5. The number of nitrogens with zero attached hydrogens (tertiary/aromatic N) is 2. The number of benzene rings is 2. The first-order valence-corrected chi connectivity index (χ1v) is 9.48. The zero-order valence-electron chi connectivity index (χ0n) is 12.8. The molecule has 0 saturated carbocycles. The van der Waals surface area contributed by atoms with Gasteiger partial charge in [0, 0.05) is 21.2 Å². The van der Waals surface area contributed by atoms with Crippen LogP contribution in [0.4, 0.5) is 0 Å². The number of hydrogen-bond donors (Lipinski definition) is 1. The summed E-state index contributed by atoms with van der Waals surface area (Å²) in [6.07, 6.45) is 3.04. The van der Waals surface area contributed by atoms with Gasteiger partial charge in [-0.3, -0.25) is 10.1 Å². The standard InChI is InChI=1S/C17H9Cl4N3OS/c18-11-3-1-4-12(19)9(11)7-15-16(25)23-17(26-15)24-22-8-10-13(20)5-2-6-14(10)21/h1-8H,(H,23,24,25)/b15-7+,22-8+. The van der Waals surface area contributed by atoms with Gasteiger partial charge in [-0.2, -0.15) is 5.10 Å². The fourth-order valence-electron chi connectivity index (χ4n) is 2.03. The first kappa shape index (κ1) is 19.3. The van der Waals surface area contributed by atoms with E-state index in [2.05, 4.69) is 15.5 Å². The summed E-state index contributed by atoms with van der Waals surface area (Å²) in [6, 6.07) is 10.3. The van der Waals surface area contributed by atoms with Crippen molar-refractivity contribution in [1.29, 1.82) is 0 Å². The highest BCUT2D eigenvalue weighted by Gasteiger charge is 2.24. The van der Waals surface area contributed by atoms with Crippen molar-refractivity contribution in [2.75, 3.05) is 0 Å². The van der Waals surface area contributed by atoms with E-state index in [1.807, 2.05) is 0 Å². The highest BCUT2D eigenvalue weighted by molar-refractivity contribution is 8.18. The van der Waals surface area contributed by atoms with Gasteiger partial charge in [-0.15, -0.1) is 5.10 Å². The van der Waals surface area contributed by atoms with E-state index < -0.39 is 0 Å². The van der Waals surface area contributed by atoms with Crippen LogP contribution in [0.15, 0.2) is 51.5 Å². The summed E-state index contributed by atoms with van der Waals surface area (Å²) >= 11 is 25.5. The fourth-order valence-corrected chi connectivity index (χ4v) is 3.79. The lowest BCUT2D eigenvalue weighted by molar-refractivity contribution is -0.115. The van der Waals surface area contributed by atoms with E-state index in [4.69, 9.17) is 46.4 Å². The summed E-state index contributed by atoms with van der Waals surface area (Å²) < 4.78 is 0. The van der Waals surface area contributed by atoms with Crippen molar-refractivity contribution in [3.63, 3.8) is 0 Å². The minimum absolute atomic E-state index is 0.310. The van der Waals surface area contributed by atoms with Crippen LogP contribution in [0.5, 0.6) is 0 Å². The third kappa shape index (κ3) is 4.42. The van der Waals surface area contributed by atoms with Crippen LogP contribution in [-0.4, -0.2) is 17.3 Å². The smallest absolute Gasteiger partial charge is 0.264 e. The molecule has 9 heteroatoms. The van der Waals surface area contributed by atoms with Crippen LogP contribution in [0, 0.1) is 0 Å². The van der Waals surface area contributed by atoms with Gasteiger partial charge >= 0.3 is 0 Å². The predicted molar refractivity (Wildman–Crippen MR) is 112 cm³/mol. The van der Waals surface area contributed by atoms with Gasteiger partial charge in [0.25, 0.3) is 5.91 Å². The van der Waals surface area contributed by atoms with Crippen LogP contribution >= 0.6 is 58.2 Å². The second kappa shape index (κ2) is 8.46.